The molecular weight excluding hydrogens is 787 g/mol. The molecule has 0 bridgehead atoms. The molecule has 0 aromatic heterocycles. The Balaban J connectivity index is 0.000000177. The predicted octanol–water partition coefficient (Wildman–Crippen LogP) is 13.1. The molecule has 4 aromatic carbocycles. The van der Waals surface area contributed by atoms with Gasteiger partial charge in [0.2, 0.25) is 0 Å². The van der Waals surface area contributed by atoms with E-state index in [1.54, 1.807) is 0 Å². The van der Waals surface area contributed by atoms with Crippen molar-refractivity contribution >= 4 is 39.8 Å². The van der Waals surface area contributed by atoms with Crippen molar-refractivity contribution in [2.75, 3.05) is 27.3 Å². The highest BCUT2D eigenvalue weighted by Gasteiger charge is 2.38. The Bertz CT molecular complexity index is 2140. The molecule has 8 nitrogen and oxygen atoms in total. The van der Waals surface area contributed by atoms with E-state index in [2.05, 4.69) is 75.1 Å². The van der Waals surface area contributed by atoms with Crippen molar-refractivity contribution in [2.24, 2.45) is 21.7 Å². The number of hydrogen-bond acceptors (Lipinski definition) is 8. The van der Waals surface area contributed by atoms with Gasteiger partial charge in [0, 0.05) is 12.1 Å². The number of likely N-dealkylation sites (tertiary alicyclic amines) is 1. The average Bonchev–Trinajstić information content (AvgIpc) is 3.28. The van der Waals surface area contributed by atoms with Crippen molar-refractivity contribution in [1.82, 2.24) is 4.90 Å². The number of fused-ring (bicyclic) bond motifs is 2. The number of piperidine rings is 1. The quantitative estimate of drug-likeness (QED) is 0.121. The van der Waals surface area contributed by atoms with Crippen molar-refractivity contribution < 1.29 is 33.3 Å². The summed E-state index contributed by atoms with van der Waals surface area (Å²) >= 11 is 0. The second kappa shape index (κ2) is 21.0. The van der Waals surface area contributed by atoms with Gasteiger partial charge in [0.1, 0.15) is 17.8 Å². The van der Waals surface area contributed by atoms with E-state index in [1.165, 1.54) is 75.5 Å². The third-order valence-electron chi connectivity index (χ3n) is 14.7. The minimum absolute atomic E-state index is 0.0304. The second-order valence-electron chi connectivity index (χ2n) is 21.1. The zero-order chi connectivity index (χ0) is 45.3. The van der Waals surface area contributed by atoms with Crippen LogP contribution in [-0.4, -0.2) is 62.6 Å². The summed E-state index contributed by atoms with van der Waals surface area (Å²) in [6, 6.07) is 25.1. The minimum Gasteiger partial charge on any atom is -0.490 e. The molecule has 1 heterocycles. The van der Waals surface area contributed by atoms with Crippen molar-refractivity contribution in [3.63, 3.8) is 0 Å². The van der Waals surface area contributed by atoms with Gasteiger partial charge in [-0.25, -0.2) is 0 Å². The zero-order valence-corrected chi connectivity index (χ0v) is 39.7. The Hall–Kier alpha value is -4.43. The number of nitrogens with zero attached hydrogens (tertiary/aromatic N) is 1. The van der Waals surface area contributed by atoms with Gasteiger partial charge in [-0.2, -0.15) is 0 Å². The Morgan fingerprint density at radius 2 is 0.984 bits per heavy atom. The van der Waals surface area contributed by atoms with Gasteiger partial charge >= 0.3 is 11.9 Å². The molecule has 0 amide bonds. The van der Waals surface area contributed by atoms with Gasteiger partial charge in [-0.15, -0.1) is 0 Å². The highest BCUT2D eigenvalue weighted by Crippen LogP contribution is 2.39. The van der Waals surface area contributed by atoms with Crippen LogP contribution < -0.4 is 9.47 Å². The molecule has 63 heavy (non-hydrogen) atoms. The molecule has 3 saturated carbocycles. The van der Waals surface area contributed by atoms with Crippen LogP contribution in [0.15, 0.2) is 72.8 Å². The predicted molar refractivity (Wildman–Crippen MR) is 254 cm³/mol. The number of rotatable bonds is 9. The van der Waals surface area contributed by atoms with Crippen molar-refractivity contribution in [2.45, 2.75) is 157 Å². The summed E-state index contributed by atoms with van der Waals surface area (Å²) in [6.07, 6.45) is 18.4. The van der Waals surface area contributed by atoms with Crippen molar-refractivity contribution in [1.29, 1.82) is 0 Å². The lowest BCUT2D eigenvalue weighted by Gasteiger charge is -2.37. The monoisotopic (exact) mass is 862 g/mol. The van der Waals surface area contributed by atoms with Crippen molar-refractivity contribution in [3.8, 4) is 11.5 Å². The largest absolute Gasteiger partial charge is 0.490 e. The summed E-state index contributed by atoms with van der Waals surface area (Å²) in [7, 11) is 2.96. The number of carbonyl (C=O) groups excluding carboxylic acids is 3. The Kier molecular flexibility index (Phi) is 16.0. The van der Waals surface area contributed by atoms with Gasteiger partial charge in [-0.05, 0) is 178 Å². The van der Waals surface area contributed by atoms with Crippen LogP contribution in [0.2, 0.25) is 0 Å². The first kappa shape index (κ1) is 48.0. The Morgan fingerprint density at radius 3 is 1.46 bits per heavy atom. The maximum atomic E-state index is 12.0. The number of ether oxygens (including phenoxy) is 4. The molecule has 4 fully saturated rings. The van der Waals surface area contributed by atoms with Crippen LogP contribution in [0.5, 0.6) is 11.5 Å². The van der Waals surface area contributed by atoms with Gasteiger partial charge < -0.3 is 18.9 Å². The number of aldehydes is 1. The molecule has 0 unspecified atom stereocenters. The van der Waals surface area contributed by atoms with Gasteiger partial charge in [0.05, 0.1) is 37.3 Å². The number of esters is 2. The number of hydrogen-bond donors (Lipinski definition) is 0. The van der Waals surface area contributed by atoms with E-state index in [0.29, 0.717) is 28.6 Å². The number of carbonyl (C=O) groups is 3. The lowest BCUT2D eigenvalue weighted by atomic mass is 9.76. The summed E-state index contributed by atoms with van der Waals surface area (Å²) in [4.78, 5) is 36.5. The minimum atomic E-state index is -0.334. The fourth-order valence-corrected chi connectivity index (χ4v) is 9.90. The second-order valence-corrected chi connectivity index (χ2v) is 21.1. The van der Waals surface area contributed by atoms with E-state index in [9.17, 15) is 14.4 Å². The molecule has 0 radical (unpaired) electrons. The summed E-state index contributed by atoms with van der Waals surface area (Å²) in [5, 5.41) is 4.69. The van der Waals surface area contributed by atoms with Gasteiger partial charge in [-0.3, -0.25) is 19.3 Å². The van der Waals surface area contributed by atoms with E-state index in [1.807, 2.05) is 44.2 Å². The van der Waals surface area contributed by atoms with E-state index >= 15 is 0 Å². The summed E-state index contributed by atoms with van der Waals surface area (Å²) in [5.74, 6) is 1.82. The smallest absolute Gasteiger partial charge is 0.311 e. The maximum absolute atomic E-state index is 12.0. The molecule has 0 N–H and O–H groups in total. The van der Waals surface area contributed by atoms with Gasteiger partial charge in [0.15, 0.2) is 0 Å². The lowest BCUT2D eigenvalue weighted by molar-refractivity contribution is -0.155. The third kappa shape index (κ3) is 13.3. The van der Waals surface area contributed by atoms with E-state index in [-0.39, 0.29) is 22.8 Å². The molecule has 1 saturated heterocycles. The normalized spacial score (nSPS) is 20.8. The molecule has 8 heteroatoms. The van der Waals surface area contributed by atoms with Crippen LogP contribution in [0.25, 0.3) is 21.5 Å². The van der Waals surface area contributed by atoms with Crippen LogP contribution in [0.3, 0.4) is 0 Å². The molecule has 4 aliphatic rings. The SMILES string of the molecule is CC1(C)CCC(Oc2ccc3cc(C=O)ccc3c2)CC1.COC(=O)C1(C)CCCCC1.COC(=O)C1(C)CCN(Cc2ccc3cc(OC4CCC(C)(C)CC4)ccc3c2)CC1. The molecule has 0 spiro atoms. The fraction of sp³-hybridized carbons (Fsp3) is 0.582. The first-order valence-corrected chi connectivity index (χ1v) is 23.8. The molecule has 0 atom stereocenters. The highest BCUT2D eigenvalue weighted by molar-refractivity contribution is 5.89. The Morgan fingerprint density at radius 1 is 0.556 bits per heavy atom. The van der Waals surface area contributed by atoms with Crippen molar-refractivity contribution in [3.05, 3.63) is 83.9 Å². The summed E-state index contributed by atoms with van der Waals surface area (Å²) in [6.45, 7) is 16.2. The summed E-state index contributed by atoms with van der Waals surface area (Å²) < 4.78 is 22.2. The average molecular weight is 862 g/mol. The number of methoxy groups -OCH3 is 2. The number of benzene rings is 4. The van der Waals surface area contributed by atoms with Crippen LogP contribution in [-0.2, 0) is 25.6 Å². The van der Waals surface area contributed by atoms with Crippen LogP contribution in [0.1, 0.15) is 154 Å². The topological polar surface area (TPSA) is 91.4 Å². The van der Waals surface area contributed by atoms with E-state index in [0.717, 1.165) is 99.6 Å². The van der Waals surface area contributed by atoms with E-state index in [4.69, 9.17) is 18.9 Å². The van der Waals surface area contributed by atoms with Crippen LogP contribution in [0.4, 0.5) is 0 Å². The molecule has 342 valence electrons. The lowest BCUT2D eigenvalue weighted by Crippen LogP contribution is -2.42. The standard InChI is InChI=1S/C27H37NO3.C19H22O2.C9H16O2/c1-26(2)11-9-23(10-12-26)31-24-8-7-21-17-20(5-6-22(21)18-24)19-28-15-13-27(3,14-16-28)25(29)30-4;1-19(2)9-7-17(8-10-19)21-18-6-5-15-11-14(13-20)3-4-16(15)12-18;1-9(8(10)11-2)6-4-3-5-7-9/h5-8,17-18,23H,9-16,19H2,1-4H3;3-6,11-13,17H,7-10H2,1-2H3;3-7H2,1-2H3. The van der Waals surface area contributed by atoms with Crippen LogP contribution >= 0.6 is 0 Å². The molecule has 4 aromatic rings. The first-order valence-electron chi connectivity index (χ1n) is 23.8. The maximum Gasteiger partial charge on any atom is 0.311 e. The molecule has 8 rings (SSSR count). The zero-order valence-electron chi connectivity index (χ0n) is 39.7. The first-order chi connectivity index (χ1) is 30.0. The van der Waals surface area contributed by atoms with E-state index < -0.39 is 0 Å². The van der Waals surface area contributed by atoms with Gasteiger partial charge in [0.25, 0.3) is 0 Å². The molecule has 3 aliphatic carbocycles. The third-order valence-corrected chi connectivity index (χ3v) is 14.7. The van der Waals surface area contributed by atoms with Gasteiger partial charge in [-0.1, -0.05) is 83.4 Å². The molecular formula is C55H75NO7. The Labute approximate surface area is 377 Å². The summed E-state index contributed by atoms with van der Waals surface area (Å²) in [5.41, 5.74) is 2.45. The molecule has 1 aliphatic heterocycles. The highest BCUT2D eigenvalue weighted by atomic mass is 16.5. The van der Waals surface area contributed by atoms with Crippen LogP contribution in [0, 0.1) is 21.7 Å². The fourth-order valence-electron chi connectivity index (χ4n) is 9.90.